The third-order valence-electron chi connectivity index (χ3n) is 2.55. The molecule has 0 unspecified atom stereocenters. The number of aromatic nitrogens is 1. The van der Waals surface area contributed by atoms with Crippen LogP contribution in [0.25, 0.3) is 0 Å². The first-order chi connectivity index (χ1) is 8.59. The minimum absolute atomic E-state index is 0.225. The third kappa shape index (κ3) is 2.51. The maximum absolute atomic E-state index is 12.2. The number of aryl methyl sites for hydroxylation is 1. The van der Waals surface area contributed by atoms with Gasteiger partial charge in [-0.05, 0) is 40.5 Å². The zero-order valence-electron chi connectivity index (χ0n) is 9.77. The van der Waals surface area contributed by atoms with Gasteiger partial charge in [-0.15, -0.1) is 0 Å². The average molecular weight is 306 g/mol. The summed E-state index contributed by atoms with van der Waals surface area (Å²) in [5.41, 5.74) is 8.31. The fraction of sp³-hybridized carbons (Fsp3) is 0.0769. The van der Waals surface area contributed by atoms with E-state index in [0.717, 1.165) is 10.0 Å². The first-order valence-corrected chi connectivity index (χ1v) is 6.15. The molecule has 0 spiro atoms. The fourth-order valence-electron chi connectivity index (χ4n) is 1.66. The lowest BCUT2D eigenvalue weighted by Gasteiger charge is -2.10. The van der Waals surface area contributed by atoms with Gasteiger partial charge in [-0.1, -0.05) is 12.1 Å². The predicted molar refractivity (Wildman–Crippen MR) is 75.5 cm³/mol. The highest BCUT2D eigenvalue weighted by Crippen LogP contribution is 2.23. The van der Waals surface area contributed by atoms with E-state index in [1.165, 1.54) is 0 Å². The van der Waals surface area contributed by atoms with Gasteiger partial charge in [0.2, 0.25) is 0 Å². The van der Waals surface area contributed by atoms with Gasteiger partial charge in [-0.3, -0.25) is 9.78 Å². The molecule has 1 amide bonds. The van der Waals surface area contributed by atoms with Gasteiger partial charge in [0, 0.05) is 18.1 Å². The molecular formula is C13H12BrN3O. The van der Waals surface area contributed by atoms with Crippen LogP contribution in [-0.4, -0.2) is 10.9 Å². The normalized spacial score (nSPS) is 10.1. The molecule has 0 saturated carbocycles. The molecule has 5 heteroatoms. The summed E-state index contributed by atoms with van der Waals surface area (Å²) in [7, 11) is 0. The summed E-state index contributed by atoms with van der Waals surface area (Å²) in [5, 5.41) is 2.80. The van der Waals surface area contributed by atoms with Gasteiger partial charge >= 0.3 is 0 Å². The van der Waals surface area contributed by atoms with Crippen molar-refractivity contribution in [2.45, 2.75) is 6.92 Å². The molecule has 0 aliphatic rings. The molecule has 1 heterocycles. The van der Waals surface area contributed by atoms with E-state index in [-0.39, 0.29) is 5.91 Å². The molecule has 1 aromatic carbocycles. The van der Waals surface area contributed by atoms with E-state index >= 15 is 0 Å². The number of nitrogens with zero attached hydrogens (tertiary/aromatic N) is 1. The molecule has 0 fully saturated rings. The first kappa shape index (κ1) is 12.6. The monoisotopic (exact) mass is 305 g/mol. The quantitative estimate of drug-likeness (QED) is 0.838. The Hall–Kier alpha value is -1.88. The van der Waals surface area contributed by atoms with Crippen LogP contribution < -0.4 is 11.1 Å². The van der Waals surface area contributed by atoms with Crippen molar-refractivity contribution in [3.05, 3.63) is 52.3 Å². The number of nitrogens with one attached hydrogen (secondary N) is 1. The maximum atomic E-state index is 12.2. The molecule has 0 aliphatic carbocycles. The van der Waals surface area contributed by atoms with Crippen molar-refractivity contribution >= 4 is 33.2 Å². The Morgan fingerprint density at radius 2 is 2.17 bits per heavy atom. The van der Waals surface area contributed by atoms with Crippen molar-refractivity contribution in [1.82, 2.24) is 4.98 Å². The van der Waals surface area contributed by atoms with Gasteiger partial charge < -0.3 is 11.1 Å². The number of pyridine rings is 1. The molecule has 0 bridgehead atoms. The van der Waals surface area contributed by atoms with Crippen LogP contribution in [0.1, 0.15) is 15.9 Å². The van der Waals surface area contributed by atoms with Crippen molar-refractivity contribution in [1.29, 1.82) is 0 Å². The topological polar surface area (TPSA) is 68.0 Å². The summed E-state index contributed by atoms with van der Waals surface area (Å²) in [5.74, 6) is -0.225. The number of anilines is 2. The van der Waals surface area contributed by atoms with E-state index in [9.17, 15) is 4.79 Å². The summed E-state index contributed by atoms with van der Waals surface area (Å²) in [6.07, 6.45) is 3.23. The van der Waals surface area contributed by atoms with Gasteiger partial charge in [-0.2, -0.15) is 0 Å². The van der Waals surface area contributed by atoms with E-state index in [2.05, 4.69) is 26.2 Å². The number of nitrogen functional groups attached to an aromatic ring is 1. The minimum Gasteiger partial charge on any atom is -0.398 e. The first-order valence-electron chi connectivity index (χ1n) is 5.35. The van der Waals surface area contributed by atoms with Gasteiger partial charge in [0.05, 0.1) is 15.7 Å². The standard InChI is InChI=1S/C13H12BrN3O/c1-8-3-2-4-10(15)12(8)13(18)17-11-5-6-16-7-9(11)14/h2-7H,15H2,1H3,(H,16,17,18). The van der Waals surface area contributed by atoms with Gasteiger partial charge in [0.1, 0.15) is 0 Å². The number of rotatable bonds is 2. The predicted octanol–water partition coefficient (Wildman–Crippen LogP) is 2.99. The van der Waals surface area contributed by atoms with Crippen molar-refractivity contribution in [2.24, 2.45) is 0 Å². The molecule has 0 aliphatic heterocycles. The van der Waals surface area contributed by atoms with E-state index in [0.29, 0.717) is 16.9 Å². The molecule has 0 saturated heterocycles. The summed E-state index contributed by atoms with van der Waals surface area (Å²) < 4.78 is 0.727. The number of halogens is 1. The second-order valence-electron chi connectivity index (χ2n) is 3.85. The summed E-state index contributed by atoms with van der Waals surface area (Å²) in [6.45, 7) is 1.85. The second-order valence-corrected chi connectivity index (χ2v) is 4.70. The van der Waals surface area contributed by atoms with Crippen LogP contribution in [-0.2, 0) is 0 Å². The Morgan fingerprint density at radius 1 is 1.39 bits per heavy atom. The molecule has 4 nitrogen and oxygen atoms in total. The van der Waals surface area contributed by atoms with Crippen LogP contribution in [0.4, 0.5) is 11.4 Å². The van der Waals surface area contributed by atoms with Gasteiger partial charge in [-0.25, -0.2) is 0 Å². The Morgan fingerprint density at radius 3 is 2.83 bits per heavy atom. The van der Waals surface area contributed by atoms with Crippen LogP contribution >= 0.6 is 15.9 Å². The maximum Gasteiger partial charge on any atom is 0.258 e. The highest BCUT2D eigenvalue weighted by Gasteiger charge is 2.13. The van der Waals surface area contributed by atoms with Crippen LogP contribution in [0.2, 0.25) is 0 Å². The molecule has 0 radical (unpaired) electrons. The summed E-state index contributed by atoms with van der Waals surface area (Å²) in [4.78, 5) is 16.1. The fourth-order valence-corrected chi connectivity index (χ4v) is 2.01. The number of carbonyl (C=O) groups is 1. The molecule has 92 valence electrons. The Kier molecular flexibility index (Phi) is 3.62. The molecule has 3 N–H and O–H groups in total. The molecule has 2 aromatic rings. The van der Waals surface area contributed by atoms with Crippen LogP contribution in [0.5, 0.6) is 0 Å². The number of amides is 1. The summed E-state index contributed by atoms with van der Waals surface area (Å²) >= 11 is 3.33. The van der Waals surface area contributed by atoms with Crippen LogP contribution in [0, 0.1) is 6.92 Å². The lowest BCUT2D eigenvalue weighted by Crippen LogP contribution is -2.15. The minimum atomic E-state index is -0.225. The Balaban J connectivity index is 2.31. The number of hydrogen-bond acceptors (Lipinski definition) is 3. The smallest absolute Gasteiger partial charge is 0.258 e. The third-order valence-corrected chi connectivity index (χ3v) is 3.18. The molecule has 18 heavy (non-hydrogen) atoms. The Bertz CT molecular complexity index is 578. The largest absolute Gasteiger partial charge is 0.398 e. The van der Waals surface area contributed by atoms with Gasteiger partial charge in [0.15, 0.2) is 0 Å². The molecule has 2 rings (SSSR count). The van der Waals surface area contributed by atoms with E-state index in [1.807, 2.05) is 19.1 Å². The Labute approximate surface area is 113 Å². The zero-order chi connectivity index (χ0) is 13.1. The summed E-state index contributed by atoms with van der Waals surface area (Å²) in [6, 6.07) is 7.11. The van der Waals surface area contributed by atoms with Crippen LogP contribution in [0.15, 0.2) is 41.1 Å². The van der Waals surface area contributed by atoms with Crippen molar-refractivity contribution in [2.75, 3.05) is 11.1 Å². The highest BCUT2D eigenvalue weighted by molar-refractivity contribution is 9.10. The molecule has 0 atom stereocenters. The lowest BCUT2D eigenvalue weighted by atomic mass is 10.1. The SMILES string of the molecule is Cc1cccc(N)c1C(=O)Nc1ccncc1Br. The number of carbonyl (C=O) groups excluding carboxylic acids is 1. The van der Waals surface area contributed by atoms with Crippen LogP contribution in [0.3, 0.4) is 0 Å². The van der Waals surface area contributed by atoms with Crippen molar-refractivity contribution in [3.63, 3.8) is 0 Å². The second kappa shape index (κ2) is 5.18. The van der Waals surface area contributed by atoms with Crippen molar-refractivity contribution in [3.8, 4) is 0 Å². The number of hydrogen-bond donors (Lipinski definition) is 2. The van der Waals surface area contributed by atoms with Crippen molar-refractivity contribution < 1.29 is 4.79 Å². The van der Waals surface area contributed by atoms with E-state index in [4.69, 9.17) is 5.73 Å². The number of nitrogens with two attached hydrogens (primary N) is 1. The molecular weight excluding hydrogens is 294 g/mol. The number of benzene rings is 1. The van der Waals surface area contributed by atoms with Gasteiger partial charge in [0.25, 0.3) is 5.91 Å². The van der Waals surface area contributed by atoms with E-state index < -0.39 is 0 Å². The zero-order valence-corrected chi connectivity index (χ0v) is 11.4. The highest BCUT2D eigenvalue weighted by atomic mass is 79.9. The van der Waals surface area contributed by atoms with E-state index in [1.54, 1.807) is 24.5 Å². The molecule has 1 aromatic heterocycles. The average Bonchev–Trinajstić information content (AvgIpc) is 2.32. The lowest BCUT2D eigenvalue weighted by molar-refractivity contribution is 0.102.